The van der Waals surface area contributed by atoms with E-state index >= 15 is 0 Å². The third-order valence-corrected chi connectivity index (χ3v) is 2.60. The summed E-state index contributed by atoms with van der Waals surface area (Å²) in [5.74, 6) is -0.859. The van der Waals surface area contributed by atoms with Gasteiger partial charge in [-0.05, 0) is 12.1 Å². The van der Waals surface area contributed by atoms with Crippen molar-refractivity contribution < 1.29 is 13.8 Å². The minimum Gasteiger partial charge on any atom is -0.352 e. The van der Waals surface area contributed by atoms with Crippen molar-refractivity contribution in [3.63, 3.8) is 0 Å². The van der Waals surface area contributed by atoms with Crippen LogP contribution in [0.4, 0.5) is 4.39 Å². The molecule has 2 aromatic rings. The van der Waals surface area contributed by atoms with E-state index in [1.54, 1.807) is 12.1 Å². The standard InChI is InChI=1S/C13H14FN3O/c14-12-5-2-1-4-11(12)13(18)16-6-3-8-17-9-7-15-10-17/h1-2,4-5,7,9-10H,3,6,8H2,(H,16,18)/p+1. The SMILES string of the molecule is O=C(NCCC[n+]1cc[nH]c1)c1ccccc1F. The number of carbonyl (C=O) groups is 1. The van der Waals surface area contributed by atoms with Gasteiger partial charge in [-0.25, -0.2) is 8.96 Å². The minimum atomic E-state index is -0.491. The largest absolute Gasteiger partial charge is 0.352 e. The van der Waals surface area contributed by atoms with Gasteiger partial charge in [-0.3, -0.25) is 9.78 Å². The lowest BCUT2D eigenvalue weighted by molar-refractivity contribution is -0.695. The molecule has 18 heavy (non-hydrogen) atoms. The fourth-order valence-corrected chi connectivity index (χ4v) is 1.66. The van der Waals surface area contributed by atoms with E-state index in [1.165, 1.54) is 12.1 Å². The van der Waals surface area contributed by atoms with Crippen LogP contribution in [-0.4, -0.2) is 17.4 Å². The molecule has 0 saturated carbocycles. The van der Waals surface area contributed by atoms with Crippen LogP contribution in [0.5, 0.6) is 0 Å². The van der Waals surface area contributed by atoms with Crippen LogP contribution in [0.15, 0.2) is 43.0 Å². The van der Waals surface area contributed by atoms with Gasteiger partial charge in [0.1, 0.15) is 18.2 Å². The van der Waals surface area contributed by atoms with Crippen LogP contribution in [0.25, 0.3) is 0 Å². The number of H-pyrrole nitrogens is 1. The number of aromatic nitrogens is 2. The summed E-state index contributed by atoms with van der Waals surface area (Å²) in [6.07, 6.45) is 6.39. The zero-order chi connectivity index (χ0) is 12.8. The zero-order valence-electron chi connectivity index (χ0n) is 9.90. The Morgan fingerprint density at radius 2 is 2.22 bits per heavy atom. The number of aryl methyl sites for hydroxylation is 1. The first-order chi connectivity index (χ1) is 8.77. The number of imidazole rings is 1. The molecule has 0 radical (unpaired) electrons. The summed E-state index contributed by atoms with van der Waals surface area (Å²) in [7, 11) is 0. The van der Waals surface area contributed by atoms with Crippen molar-refractivity contribution in [1.82, 2.24) is 10.3 Å². The highest BCUT2D eigenvalue weighted by atomic mass is 19.1. The first kappa shape index (κ1) is 12.3. The summed E-state index contributed by atoms with van der Waals surface area (Å²) in [6, 6.07) is 5.97. The number of benzene rings is 1. The molecule has 2 N–H and O–H groups in total. The fraction of sp³-hybridized carbons (Fsp3) is 0.231. The van der Waals surface area contributed by atoms with Crippen molar-refractivity contribution in [3.8, 4) is 0 Å². The Labute approximate surface area is 104 Å². The molecule has 0 aliphatic heterocycles. The van der Waals surface area contributed by atoms with Crippen molar-refractivity contribution in [2.45, 2.75) is 13.0 Å². The Morgan fingerprint density at radius 1 is 1.39 bits per heavy atom. The smallest absolute Gasteiger partial charge is 0.254 e. The molecule has 0 bridgehead atoms. The van der Waals surface area contributed by atoms with Crippen LogP contribution in [0.2, 0.25) is 0 Å². The van der Waals surface area contributed by atoms with Crippen molar-refractivity contribution in [2.75, 3.05) is 6.54 Å². The van der Waals surface area contributed by atoms with Gasteiger partial charge >= 0.3 is 0 Å². The molecule has 0 aliphatic rings. The number of rotatable bonds is 5. The van der Waals surface area contributed by atoms with Gasteiger partial charge < -0.3 is 5.32 Å². The quantitative estimate of drug-likeness (QED) is 0.607. The summed E-state index contributed by atoms with van der Waals surface area (Å²) in [5, 5.41) is 2.70. The van der Waals surface area contributed by atoms with Gasteiger partial charge in [-0.2, -0.15) is 0 Å². The van der Waals surface area contributed by atoms with Crippen LogP contribution in [0, 0.1) is 5.82 Å². The van der Waals surface area contributed by atoms with E-state index in [1.807, 2.05) is 23.3 Å². The van der Waals surface area contributed by atoms with Gasteiger partial charge in [-0.1, -0.05) is 12.1 Å². The summed E-state index contributed by atoms with van der Waals surface area (Å²) in [4.78, 5) is 14.6. The first-order valence-corrected chi connectivity index (χ1v) is 5.82. The molecule has 0 fully saturated rings. The van der Waals surface area contributed by atoms with Gasteiger partial charge in [-0.15, -0.1) is 0 Å². The monoisotopic (exact) mass is 248 g/mol. The maximum atomic E-state index is 13.3. The molecule has 4 nitrogen and oxygen atoms in total. The third-order valence-electron chi connectivity index (χ3n) is 2.60. The second kappa shape index (κ2) is 5.95. The Hall–Kier alpha value is -2.17. The zero-order valence-corrected chi connectivity index (χ0v) is 9.90. The second-order valence-electron chi connectivity index (χ2n) is 3.94. The number of amides is 1. The summed E-state index contributed by atoms with van der Waals surface area (Å²) in [6.45, 7) is 1.33. The number of aromatic amines is 1. The maximum Gasteiger partial charge on any atom is 0.254 e. The predicted molar refractivity (Wildman–Crippen MR) is 64.3 cm³/mol. The van der Waals surface area contributed by atoms with Crippen LogP contribution in [-0.2, 0) is 6.54 Å². The van der Waals surface area contributed by atoms with E-state index in [0.29, 0.717) is 6.54 Å². The molecule has 0 aliphatic carbocycles. The van der Waals surface area contributed by atoms with Crippen molar-refractivity contribution in [3.05, 3.63) is 54.4 Å². The lowest BCUT2D eigenvalue weighted by atomic mass is 10.2. The lowest BCUT2D eigenvalue weighted by Crippen LogP contribution is -2.34. The highest BCUT2D eigenvalue weighted by Gasteiger charge is 2.09. The molecule has 1 heterocycles. The predicted octanol–water partition coefficient (Wildman–Crippen LogP) is 1.26. The molecule has 1 amide bonds. The van der Waals surface area contributed by atoms with E-state index in [9.17, 15) is 9.18 Å². The van der Waals surface area contributed by atoms with Crippen LogP contribution < -0.4 is 9.88 Å². The number of hydrogen-bond donors (Lipinski definition) is 2. The van der Waals surface area contributed by atoms with Crippen molar-refractivity contribution in [1.29, 1.82) is 0 Å². The number of hydrogen-bond acceptors (Lipinski definition) is 1. The van der Waals surface area contributed by atoms with Crippen LogP contribution in [0.3, 0.4) is 0 Å². The van der Waals surface area contributed by atoms with Crippen molar-refractivity contribution >= 4 is 5.91 Å². The molecule has 2 rings (SSSR count). The molecular weight excluding hydrogens is 233 g/mol. The number of nitrogens with one attached hydrogen (secondary N) is 2. The molecule has 1 aromatic carbocycles. The topological polar surface area (TPSA) is 48.8 Å². The molecule has 1 aromatic heterocycles. The number of carbonyl (C=O) groups excluding carboxylic acids is 1. The lowest BCUT2D eigenvalue weighted by Gasteiger charge is -2.04. The van der Waals surface area contributed by atoms with Crippen molar-refractivity contribution in [2.24, 2.45) is 0 Å². The third kappa shape index (κ3) is 3.16. The summed E-state index contributed by atoms with van der Waals surface area (Å²) in [5.41, 5.74) is 0.0896. The molecule has 0 spiro atoms. The molecule has 0 unspecified atom stereocenters. The van der Waals surface area contributed by atoms with Gasteiger partial charge in [0.15, 0.2) is 0 Å². The average molecular weight is 248 g/mol. The van der Waals surface area contributed by atoms with Crippen LogP contribution in [0.1, 0.15) is 16.8 Å². The Balaban J connectivity index is 1.77. The molecule has 5 heteroatoms. The molecule has 94 valence electrons. The summed E-state index contributed by atoms with van der Waals surface area (Å²) >= 11 is 0. The Bertz CT molecular complexity index is 511. The Kier molecular flexibility index (Phi) is 4.06. The molecule has 0 saturated heterocycles. The first-order valence-electron chi connectivity index (χ1n) is 5.82. The van der Waals surface area contributed by atoms with Crippen LogP contribution >= 0.6 is 0 Å². The number of halogens is 1. The normalized spacial score (nSPS) is 10.3. The van der Waals surface area contributed by atoms with Gasteiger partial charge in [0, 0.05) is 13.0 Å². The Morgan fingerprint density at radius 3 is 2.94 bits per heavy atom. The summed E-state index contributed by atoms with van der Waals surface area (Å²) < 4.78 is 15.3. The van der Waals surface area contributed by atoms with E-state index in [4.69, 9.17) is 0 Å². The van der Waals surface area contributed by atoms with E-state index in [0.717, 1.165) is 13.0 Å². The van der Waals surface area contributed by atoms with Gasteiger partial charge in [0.05, 0.1) is 12.1 Å². The highest BCUT2D eigenvalue weighted by molar-refractivity contribution is 5.94. The average Bonchev–Trinajstić information content (AvgIpc) is 2.88. The number of nitrogens with zero attached hydrogens (tertiary/aromatic N) is 1. The molecular formula is C13H15FN3O+. The highest BCUT2D eigenvalue weighted by Crippen LogP contribution is 2.05. The van der Waals surface area contributed by atoms with Gasteiger partial charge in [0.2, 0.25) is 6.33 Å². The minimum absolute atomic E-state index is 0.0896. The van der Waals surface area contributed by atoms with E-state index in [2.05, 4.69) is 10.3 Å². The second-order valence-corrected chi connectivity index (χ2v) is 3.94. The molecule has 0 atom stereocenters. The van der Waals surface area contributed by atoms with Gasteiger partial charge in [0.25, 0.3) is 5.91 Å². The fourth-order valence-electron chi connectivity index (χ4n) is 1.66. The maximum absolute atomic E-state index is 13.3. The van der Waals surface area contributed by atoms with E-state index in [-0.39, 0.29) is 11.5 Å². The van der Waals surface area contributed by atoms with E-state index < -0.39 is 5.82 Å².